The minimum Gasteiger partial charge on any atom is -0.450 e. The van der Waals surface area contributed by atoms with Gasteiger partial charge in [0.05, 0.1) is 12.2 Å². The van der Waals surface area contributed by atoms with Gasteiger partial charge in [-0.05, 0) is 55.8 Å². The summed E-state index contributed by atoms with van der Waals surface area (Å²) in [7, 11) is 0. The van der Waals surface area contributed by atoms with Crippen LogP contribution in [0.1, 0.15) is 87.5 Å². The highest BCUT2D eigenvalue weighted by molar-refractivity contribution is 5.75. The van der Waals surface area contributed by atoms with Crippen LogP contribution in [0.4, 0.5) is 0 Å². The Kier molecular flexibility index (Phi) is 11.2. The highest BCUT2D eigenvalue weighted by Gasteiger charge is 2.44. The van der Waals surface area contributed by atoms with Gasteiger partial charge in [0.25, 0.3) is 0 Å². The molecular formula is C27H49NO4. The van der Waals surface area contributed by atoms with Crippen molar-refractivity contribution in [1.29, 1.82) is 0 Å². The fraction of sp³-hybridized carbons (Fsp3) is 0.889. The van der Waals surface area contributed by atoms with Crippen LogP contribution in [0.25, 0.3) is 0 Å². The number of fused-ring (bicyclic) bond motifs is 1. The number of rotatable bonds is 8. The maximum atomic E-state index is 6.09. The second-order valence-corrected chi connectivity index (χ2v) is 10.1. The molecule has 0 aromatic rings. The van der Waals surface area contributed by atoms with E-state index in [9.17, 15) is 0 Å². The van der Waals surface area contributed by atoms with Crippen LogP contribution in [-0.2, 0) is 18.9 Å². The van der Waals surface area contributed by atoms with Crippen molar-refractivity contribution >= 4 is 5.90 Å². The molecule has 5 heteroatoms. The molecule has 3 heterocycles. The molecule has 0 saturated carbocycles. The third-order valence-electron chi connectivity index (χ3n) is 8.03. The van der Waals surface area contributed by atoms with Gasteiger partial charge in [0, 0.05) is 19.4 Å². The number of allylic oxidation sites excluding steroid dienone is 1. The molecule has 186 valence electrons. The Balaban J connectivity index is 0.000000233. The number of hydrogen-bond donors (Lipinski definition) is 0. The zero-order valence-electron chi connectivity index (χ0n) is 21.9. The molecule has 2 fully saturated rings. The van der Waals surface area contributed by atoms with Crippen molar-refractivity contribution < 1.29 is 18.9 Å². The minimum atomic E-state index is -0.119. The first-order valence-electron chi connectivity index (χ1n) is 13.0. The van der Waals surface area contributed by atoms with Gasteiger partial charge in [0.1, 0.15) is 6.04 Å². The van der Waals surface area contributed by atoms with Crippen molar-refractivity contribution in [2.24, 2.45) is 34.6 Å². The highest BCUT2D eigenvalue weighted by Crippen LogP contribution is 2.37. The summed E-state index contributed by atoms with van der Waals surface area (Å²) in [5.74, 6) is 3.68. The van der Waals surface area contributed by atoms with E-state index >= 15 is 0 Å². The molecule has 3 rings (SSSR count). The van der Waals surface area contributed by atoms with E-state index in [0.717, 1.165) is 44.6 Å². The number of hydrogen-bond acceptors (Lipinski definition) is 5. The van der Waals surface area contributed by atoms with Crippen molar-refractivity contribution in [2.45, 2.75) is 118 Å². The second-order valence-electron chi connectivity index (χ2n) is 10.1. The average molecular weight is 452 g/mol. The van der Waals surface area contributed by atoms with Gasteiger partial charge in [0.15, 0.2) is 12.2 Å². The monoisotopic (exact) mass is 451 g/mol. The maximum Gasteiger partial charge on any atom is 0.224 e. The third-order valence-corrected chi connectivity index (χ3v) is 8.03. The largest absolute Gasteiger partial charge is 0.450 e. The second kappa shape index (κ2) is 13.1. The molecule has 4 unspecified atom stereocenters. The van der Waals surface area contributed by atoms with Crippen LogP contribution in [0.15, 0.2) is 17.6 Å². The molecule has 32 heavy (non-hydrogen) atoms. The van der Waals surface area contributed by atoms with Crippen LogP contribution >= 0.6 is 0 Å². The van der Waals surface area contributed by atoms with Crippen LogP contribution in [-0.4, -0.2) is 43.3 Å². The topological polar surface area (TPSA) is 49.3 Å². The lowest BCUT2D eigenvalue weighted by Gasteiger charge is -2.43. The Labute approximate surface area is 197 Å². The van der Waals surface area contributed by atoms with Crippen molar-refractivity contribution in [3.05, 3.63) is 12.7 Å². The van der Waals surface area contributed by atoms with Gasteiger partial charge in [-0.3, -0.25) is 0 Å². The normalized spacial score (nSPS) is 41.1. The van der Waals surface area contributed by atoms with E-state index in [2.05, 4.69) is 60.0 Å². The lowest BCUT2D eigenvalue weighted by Crippen LogP contribution is -2.46. The summed E-state index contributed by atoms with van der Waals surface area (Å²) in [6.07, 6.45) is 7.99. The van der Waals surface area contributed by atoms with E-state index in [1.54, 1.807) is 0 Å². The van der Waals surface area contributed by atoms with Crippen LogP contribution in [0.5, 0.6) is 0 Å². The number of nitrogens with zero attached hydrogens (tertiary/aromatic N) is 1. The molecule has 0 bridgehead atoms. The average Bonchev–Trinajstić information content (AvgIpc) is 3.16. The standard InChI is InChI=1S/C16H30O2.C11H19NO2/c1-6-8-9-10-11-17-16-14(5)12(3)13(4)15(7-2)18-16;1-5-9-6(2)7(3)10-11(14-9)13-8(4)12-10/h6,12-16H,1,7-11H2,2-5H3;6-7,9-11H,5H2,1-4H3/t12-,13-,14?,15?,16+;6-,7-,9?,10?,11+/m00/s1. The molecule has 10 atom stereocenters. The Bertz CT molecular complexity index is 592. The van der Waals surface area contributed by atoms with E-state index in [0.29, 0.717) is 41.8 Å². The first-order valence-corrected chi connectivity index (χ1v) is 13.0. The van der Waals surface area contributed by atoms with Gasteiger partial charge < -0.3 is 18.9 Å². The molecule has 0 aliphatic carbocycles. The summed E-state index contributed by atoms with van der Waals surface area (Å²) < 4.78 is 23.5. The molecule has 5 nitrogen and oxygen atoms in total. The highest BCUT2D eigenvalue weighted by atomic mass is 16.7. The Morgan fingerprint density at radius 3 is 2.12 bits per heavy atom. The molecule has 0 N–H and O–H groups in total. The first-order chi connectivity index (χ1) is 15.2. The molecule has 3 aliphatic heterocycles. The SMILES string of the molecule is C=CCCCCO[C@@H]1OC(CC)[C@@H](C)[C@H](C)C1C.CCC1O[C@H]2OC(C)=NC2[C@@H](C)[C@@H]1C. The van der Waals surface area contributed by atoms with Crippen LogP contribution < -0.4 is 0 Å². The molecule has 0 amide bonds. The number of aliphatic imine (C=N–C) groups is 1. The van der Waals surface area contributed by atoms with Crippen molar-refractivity contribution in [3.8, 4) is 0 Å². The van der Waals surface area contributed by atoms with Gasteiger partial charge in [-0.25, -0.2) is 4.99 Å². The Hall–Kier alpha value is -0.910. The van der Waals surface area contributed by atoms with Gasteiger partial charge in [-0.2, -0.15) is 0 Å². The molecule has 2 saturated heterocycles. The smallest absolute Gasteiger partial charge is 0.224 e. The fourth-order valence-corrected chi connectivity index (χ4v) is 5.16. The van der Waals surface area contributed by atoms with Gasteiger partial charge in [-0.15, -0.1) is 6.58 Å². The maximum absolute atomic E-state index is 6.09. The molecule has 0 aromatic heterocycles. The number of ether oxygens (including phenoxy) is 4. The zero-order valence-corrected chi connectivity index (χ0v) is 21.9. The van der Waals surface area contributed by atoms with E-state index in [4.69, 9.17) is 18.9 Å². The Morgan fingerprint density at radius 1 is 0.875 bits per heavy atom. The lowest BCUT2D eigenvalue weighted by atomic mass is 9.78. The number of unbranched alkanes of at least 4 members (excludes halogenated alkanes) is 2. The molecular weight excluding hydrogens is 402 g/mol. The van der Waals surface area contributed by atoms with E-state index in [-0.39, 0.29) is 18.6 Å². The summed E-state index contributed by atoms with van der Waals surface area (Å²) in [5.41, 5.74) is 0. The predicted octanol–water partition coefficient (Wildman–Crippen LogP) is 6.61. The Morgan fingerprint density at radius 2 is 1.50 bits per heavy atom. The van der Waals surface area contributed by atoms with E-state index < -0.39 is 0 Å². The lowest BCUT2D eigenvalue weighted by molar-refractivity contribution is -0.248. The molecule has 0 spiro atoms. The summed E-state index contributed by atoms with van der Waals surface area (Å²) in [6, 6.07) is 0.216. The quantitative estimate of drug-likeness (QED) is 0.308. The minimum absolute atomic E-state index is 0.00937. The van der Waals surface area contributed by atoms with E-state index in [1.807, 2.05) is 13.0 Å². The fourth-order valence-electron chi connectivity index (χ4n) is 5.16. The predicted molar refractivity (Wildman–Crippen MR) is 132 cm³/mol. The summed E-state index contributed by atoms with van der Waals surface area (Å²) in [5, 5.41) is 0. The summed E-state index contributed by atoms with van der Waals surface area (Å²) in [6.45, 7) is 22.2. The first kappa shape index (κ1) is 27.3. The van der Waals surface area contributed by atoms with Crippen molar-refractivity contribution in [3.63, 3.8) is 0 Å². The van der Waals surface area contributed by atoms with Crippen molar-refractivity contribution in [2.75, 3.05) is 6.61 Å². The zero-order chi connectivity index (χ0) is 23.8. The van der Waals surface area contributed by atoms with Crippen LogP contribution in [0.3, 0.4) is 0 Å². The molecule has 3 aliphatic rings. The molecule has 0 aromatic carbocycles. The molecule has 0 radical (unpaired) electrons. The summed E-state index contributed by atoms with van der Waals surface area (Å²) >= 11 is 0. The van der Waals surface area contributed by atoms with Gasteiger partial charge in [0.2, 0.25) is 6.29 Å². The van der Waals surface area contributed by atoms with Gasteiger partial charge in [-0.1, -0.05) is 54.5 Å². The van der Waals surface area contributed by atoms with Gasteiger partial charge >= 0.3 is 0 Å². The van der Waals surface area contributed by atoms with Crippen LogP contribution in [0.2, 0.25) is 0 Å². The van der Waals surface area contributed by atoms with E-state index in [1.165, 1.54) is 0 Å². The van der Waals surface area contributed by atoms with Crippen LogP contribution in [0, 0.1) is 29.6 Å². The summed E-state index contributed by atoms with van der Waals surface area (Å²) in [4.78, 5) is 4.48. The van der Waals surface area contributed by atoms with Crippen molar-refractivity contribution in [1.82, 2.24) is 0 Å². The third kappa shape index (κ3) is 6.80.